The molecule has 0 spiro atoms. The third-order valence-electron chi connectivity index (χ3n) is 14.4. The van der Waals surface area contributed by atoms with Crippen LogP contribution in [0.5, 0.6) is 0 Å². The number of ether oxygens (including phenoxy) is 3. The fraction of sp³-hybridized carbons (Fsp3) is 0.761. The Morgan fingerprint density at radius 2 is 0.494 bits per heavy atom. The molecule has 0 saturated heterocycles. The summed E-state index contributed by atoms with van der Waals surface area (Å²) in [6.07, 6.45) is 86.0. The molecule has 0 aromatic carbocycles. The van der Waals surface area contributed by atoms with E-state index in [9.17, 15) is 14.4 Å². The molecule has 0 bridgehead atoms. The summed E-state index contributed by atoms with van der Waals surface area (Å²) in [6, 6.07) is 0. The van der Waals surface area contributed by atoms with Gasteiger partial charge in [-0.3, -0.25) is 14.4 Å². The van der Waals surface area contributed by atoms with E-state index in [1.165, 1.54) is 212 Å². The van der Waals surface area contributed by atoms with Gasteiger partial charge in [-0.1, -0.05) is 305 Å². The van der Waals surface area contributed by atoms with Gasteiger partial charge < -0.3 is 14.2 Å². The normalized spacial score (nSPS) is 12.6. The quantitative estimate of drug-likeness (QED) is 0.0261. The summed E-state index contributed by atoms with van der Waals surface area (Å²) in [7, 11) is 0. The van der Waals surface area contributed by atoms with Crippen LogP contribution in [0.15, 0.2) is 85.1 Å². The standard InChI is InChI=1S/C71H124O6/c1-4-7-10-13-16-19-22-25-28-31-34-35-38-40-43-46-49-52-55-58-61-64-70(73)76-67-68(77-71(74)65-62-59-56-53-50-47-44-41-37-33-30-27-24-21-18-15-12-9-6-3)66-75-69(72)63-60-57-54-51-48-45-42-39-36-32-29-26-23-20-17-14-11-8-5-2/h17-18,20-21,26-27,29-30,37,41,47,50,56,59,68H,4-16,19,22-25,28,31-36,38-40,42-46,48-49,51-55,57-58,60-67H2,1-3H3/b20-17-,21-18-,29-26-,30-27-,41-37-,50-47-,59-56-/t68-/m1/s1. The minimum atomic E-state index is -0.819. The Kier molecular flexibility index (Phi) is 62.2. The van der Waals surface area contributed by atoms with Crippen molar-refractivity contribution in [3.8, 4) is 0 Å². The number of unbranched alkanes of at least 4 members (excludes halogenated alkanes) is 35. The van der Waals surface area contributed by atoms with Gasteiger partial charge in [0.2, 0.25) is 0 Å². The number of esters is 3. The van der Waals surface area contributed by atoms with Crippen LogP contribution >= 0.6 is 0 Å². The Balaban J connectivity index is 4.45. The molecule has 0 aliphatic heterocycles. The fourth-order valence-electron chi connectivity index (χ4n) is 9.40. The first-order valence-electron chi connectivity index (χ1n) is 33.1. The third kappa shape index (κ3) is 63.3. The largest absolute Gasteiger partial charge is 0.462 e. The number of hydrogen-bond donors (Lipinski definition) is 0. The van der Waals surface area contributed by atoms with E-state index in [-0.39, 0.29) is 37.5 Å². The first-order chi connectivity index (χ1) is 38.0. The zero-order valence-electron chi connectivity index (χ0n) is 51.0. The SMILES string of the molecule is CCCCC/C=C\C/C=C\C/C=C\C/C=C\C/C=C\CCC(=O)O[C@H](COC(=O)CCCCCCCCCCC/C=C\C/C=C\CCCCC)COC(=O)CCCCCCCCCCCCCCCCCCCCCCC. The lowest BCUT2D eigenvalue weighted by Crippen LogP contribution is -2.30. The van der Waals surface area contributed by atoms with E-state index in [4.69, 9.17) is 14.2 Å². The van der Waals surface area contributed by atoms with Crippen molar-refractivity contribution in [1.29, 1.82) is 0 Å². The monoisotopic (exact) mass is 1070 g/mol. The minimum absolute atomic E-state index is 0.105. The van der Waals surface area contributed by atoms with E-state index < -0.39 is 6.10 Å². The summed E-state index contributed by atoms with van der Waals surface area (Å²) >= 11 is 0. The second kappa shape index (κ2) is 65.1. The van der Waals surface area contributed by atoms with Crippen LogP contribution in [-0.4, -0.2) is 37.2 Å². The van der Waals surface area contributed by atoms with Gasteiger partial charge in [-0.25, -0.2) is 0 Å². The molecule has 0 N–H and O–H groups in total. The average Bonchev–Trinajstić information content (AvgIpc) is 3.43. The molecule has 0 radical (unpaired) electrons. The Labute approximate surface area is 477 Å². The molecule has 0 unspecified atom stereocenters. The molecule has 6 heteroatoms. The molecule has 0 heterocycles. The Morgan fingerprint density at radius 3 is 0.805 bits per heavy atom. The van der Waals surface area contributed by atoms with Crippen molar-refractivity contribution in [3.63, 3.8) is 0 Å². The Hall–Kier alpha value is -3.41. The van der Waals surface area contributed by atoms with Crippen molar-refractivity contribution in [2.75, 3.05) is 13.2 Å². The van der Waals surface area contributed by atoms with E-state index >= 15 is 0 Å². The average molecular weight is 1070 g/mol. The maximum Gasteiger partial charge on any atom is 0.306 e. The molecule has 6 nitrogen and oxygen atoms in total. The number of allylic oxidation sites excluding steroid dienone is 14. The van der Waals surface area contributed by atoms with E-state index in [1.807, 2.05) is 6.08 Å². The second-order valence-electron chi connectivity index (χ2n) is 22.0. The Morgan fingerprint density at radius 1 is 0.260 bits per heavy atom. The molecule has 0 amide bonds. The van der Waals surface area contributed by atoms with Crippen LogP contribution in [0.1, 0.15) is 329 Å². The Bertz CT molecular complexity index is 1470. The summed E-state index contributed by atoms with van der Waals surface area (Å²) in [5, 5.41) is 0. The molecule has 0 aromatic heterocycles. The minimum Gasteiger partial charge on any atom is -0.462 e. The topological polar surface area (TPSA) is 78.9 Å². The summed E-state index contributed by atoms with van der Waals surface area (Å²) in [4.78, 5) is 38.3. The summed E-state index contributed by atoms with van der Waals surface area (Å²) < 4.78 is 16.9. The second-order valence-corrected chi connectivity index (χ2v) is 22.0. The first-order valence-corrected chi connectivity index (χ1v) is 33.1. The van der Waals surface area contributed by atoms with Crippen LogP contribution in [-0.2, 0) is 28.6 Å². The molecular formula is C71H124O6. The predicted octanol–water partition coefficient (Wildman–Crippen LogP) is 22.7. The summed E-state index contributed by atoms with van der Waals surface area (Å²) in [6.45, 7) is 6.57. The smallest absolute Gasteiger partial charge is 0.306 e. The predicted molar refractivity (Wildman–Crippen MR) is 334 cm³/mol. The van der Waals surface area contributed by atoms with Crippen LogP contribution < -0.4 is 0 Å². The van der Waals surface area contributed by atoms with Gasteiger partial charge in [-0.15, -0.1) is 0 Å². The van der Waals surface area contributed by atoms with E-state index in [0.29, 0.717) is 19.3 Å². The third-order valence-corrected chi connectivity index (χ3v) is 14.4. The molecule has 0 aliphatic rings. The molecule has 77 heavy (non-hydrogen) atoms. The van der Waals surface area contributed by atoms with Crippen molar-refractivity contribution >= 4 is 17.9 Å². The fourth-order valence-corrected chi connectivity index (χ4v) is 9.40. The number of hydrogen-bond acceptors (Lipinski definition) is 6. The zero-order chi connectivity index (χ0) is 55.7. The highest BCUT2D eigenvalue weighted by Crippen LogP contribution is 2.17. The molecule has 0 aromatic rings. The van der Waals surface area contributed by atoms with Crippen LogP contribution in [0, 0.1) is 0 Å². The number of carbonyl (C=O) groups is 3. The number of rotatable bonds is 60. The van der Waals surface area contributed by atoms with Gasteiger partial charge >= 0.3 is 17.9 Å². The highest BCUT2D eigenvalue weighted by molar-refractivity contribution is 5.71. The molecule has 0 saturated carbocycles. The number of carbonyl (C=O) groups excluding carboxylic acids is 3. The van der Waals surface area contributed by atoms with Crippen LogP contribution in [0.4, 0.5) is 0 Å². The zero-order valence-corrected chi connectivity index (χ0v) is 51.0. The van der Waals surface area contributed by atoms with Crippen LogP contribution in [0.3, 0.4) is 0 Å². The lowest BCUT2D eigenvalue weighted by Gasteiger charge is -2.18. The molecular weight excluding hydrogens is 949 g/mol. The van der Waals surface area contributed by atoms with Gasteiger partial charge in [0.15, 0.2) is 6.10 Å². The van der Waals surface area contributed by atoms with Gasteiger partial charge in [-0.2, -0.15) is 0 Å². The molecule has 444 valence electrons. The van der Waals surface area contributed by atoms with Gasteiger partial charge in [0.25, 0.3) is 0 Å². The van der Waals surface area contributed by atoms with E-state index in [0.717, 1.165) is 70.6 Å². The van der Waals surface area contributed by atoms with Crippen LogP contribution in [0.2, 0.25) is 0 Å². The van der Waals surface area contributed by atoms with Crippen molar-refractivity contribution in [2.45, 2.75) is 335 Å². The van der Waals surface area contributed by atoms with Gasteiger partial charge in [-0.05, 0) is 89.9 Å². The summed E-state index contributed by atoms with van der Waals surface area (Å²) in [5.41, 5.74) is 0. The van der Waals surface area contributed by atoms with Crippen molar-refractivity contribution in [3.05, 3.63) is 85.1 Å². The van der Waals surface area contributed by atoms with Crippen LogP contribution in [0.25, 0.3) is 0 Å². The lowest BCUT2D eigenvalue weighted by atomic mass is 10.0. The van der Waals surface area contributed by atoms with Gasteiger partial charge in [0.1, 0.15) is 13.2 Å². The van der Waals surface area contributed by atoms with E-state index in [1.54, 1.807) is 0 Å². The molecule has 0 rings (SSSR count). The molecule has 0 fully saturated rings. The maximum absolute atomic E-state index is 12.9. The maximum atomic E-state index is 12.9. The van der Waals surface area contributed by atoms with Crippen molar-refractivity contribution in [1.82, 2.24) is 0 Å². The van der Waals surface area contributed by atoms with Gasteiger partial charge in [0.05, 0.1) is 0 Å². The summed E-state index contributed by atoms with van der Waals surface area (Å²) in [5.74, 6) is -0.977. The highest BCUT2D eigenvalue weighted by atomic mass is 16.6. The van der Waals surface area contributed by atoms with Crippen molar-refractivity contribution in [2.24, 2.45) is 0 Å². The molecule has 1 atom stereocenters. The first kappa shape index (κ1) is 73.6. The van der Waals surface area contributed by atoms with E-state index in [2.05, 4.69) is 99.8 Å². The van der Waals surface area contributed by atoms with Crippen molar-refractivity contribution < 1.29 is 28.6 Å². The molecule has 0 aliphatic carbocycles. The van der Waals surface area contributed by atoms with Gasteiger partial charge in [0, 0.05) is 19.3 Å². The lowest BCUT2D eigenvalue weighted by molar-refractivity contribution is -0.166. The highest BCUT2D eigenvalue weighted by Gasteiger charge is 2.19.